The van der Waals surface area contributed by atoms with Gasteiger partial charge in [0.1, 0.15) is 11.5 Å². The Labute approximate surface area is 125 Å². The summed E-state index contributed by atoms with van der Waals surface area (Å²) in [6.07, 6.45) is 1.87. The summed E-state index contributed by atoms with van der Waals surface area (Å²) < 4.78 is 10.4. The maximum Gasteiger partial charge on any atom is 0.330 e. The molecule has 0 bridgehead atoms. The molecule has 1 unspecified atom stereocenters. The number of benzene rings is 1. The molecule has 1 amide bonds. The number of aryl methyl sites for hydroxylation is 1. The topological polar surface area (TPSA) is 102 Å². The Bertz CT molecular complexity index is 737. The molecule has 0 aliphatic carbocycles. The van der Waals surface area contributed by atoms with E-state index in [-0.39, 0.29) is 5.69 Å². The van der Waals surface area contributed by atoms with Crippen molar-refractivity contribution in [1.29, 1.82) is 0 Å². The third-order valence-electron chi connectivity index (χ3n) is 3.53. The summed E-state index contributed by atoms with van der Waals surface area (Å²) in [5.74, 6) is -0.640. The Morgan fingerprint density at radius 3 is 2.91 bits per heavy atom. The third kappa shape index (κ3) is 2.52. The van der Waals surface area contributed by atoms with Crippen molar-refractivity contribution in [3.63, 3.8) is 0 Å². The van der Waals surface area contributed by atoms with Gasteiger partial charge in [-0.2, -0.15) is 0 Å². The Morgan fingerprint density at radius 1 is 1.41 bits per heavy atom. The van der Waals surface area contributed by atoms with Gasteiger partial charge in [0, 0.05) is 6.42 Å². The van der Waals surface area contributed by atoms with Crippen molar-refractivity contribution in [3.8, 4) is 5.75 Å². The highest BCUT2D eigenvalue weighted by atomic mass is 16.5. The van der Waals surface area contributed by atoms with Crippen molar-refractivity contribution in [2.75, 3.05) is 6.61 Å². The molecule has 1 aromatic carbocycles. The smallest absolute Gasteiger partial charge is 0.330 e. The first-order chi connectivity index (χ1) is 10.6. The molecule has 114 valence electrons. The minimum absolute atomic E-state index is 0.0794. The lowest BCUT2D eigenvalue weighted by Gasteiger charge is -2.15. The molecule has 3 rings (SSSR count). The number of rotatable bonds is 4. The summed E-state index contributed by atoms with van der Waals surface area (Å²) in [6, 6.07) is 3.95. The van der Waals surface area contributed by atoms with Gasteiger partial charge in [0.15, 0.2) is 18.1 Å². The van der Waals surface area contributed by atoms with Gasteiger partial charge in [-0.15, -0.1) is 0 Å². The number of amides is 1. The largest absolute Gasteiger partial charge is 0.493 e. The fourth-order valence-corrected chi connectivity index (χ4v) is 2.40. The highest BCUT2D eigenvalue weighted by Gasteiger charge is 2.26. The van der Waals surface area contributed by atoms with Gasteiger partial charge >= 0.3 is 5.97 Å². The van der Waals surface area contributed by atoms with E-state index in [4.69, 9.17) is 9.15 Å². The van der Waals surface area contributed by atoms with Crippen LogP contribution in [0.2, 0.25) is 0 Å². The van der Waals surface area contributed by atoms with Crippen LogP contribution in [0.4, 0.5) is 0 Å². The van der Waals surface area contributed by atoms with E-state index >= 15 is 0 Å². The highest BCUT2D eigenvalue weighted by molar-refractivity contribution is 5.95. The van der Waals surface area contributed by atoms with Crippen LogP contribution in [0.3, 0.4) is 0 Å². The zero-order valence-electron chi connectivity index (χ0n) is 11.8. The predicted octanol–water partition coefficient (Wildman–Crippen LogP) is 1.47. The summed E-state index contributed by atoms with van der Waals surface area (Å²) in [5, 5.41) is 11.9. The quantitative estimate of drug-likeness (QED) is 0.887. The highest BCUT2D eigenvalue weighted by Crippen LogP contribution is 2.28. The molecule has 1 aliphatic heterocycles. The van der Waals surface area contributed by atoms with E-state index < -0.39 is 17.9 Å². The average molecular weight is 302 g/mol. The Hall–Kier alpha value is -2.83. The van der Waals surface area contributed by atoms with E-state index in [1.807, 2.05) is 0 Å². The summed E-state index contributed by atoms with van der Waals surface area (Å²) >= 11 is 0. The minimum atomic E-state index is -1.16. The molecular weight excluding hydrogens is 288 g/mol. The van der Waals surface area contributed by atoms with Gasteiger partial charge in [-0.05, 0) is 30.2 Å². The molecule has 7 heteroatoms. The Balaban J connectivity index is 1.86. The van der Waals surface area contributed by atoms with Crippen molar-refractivity contribution in [1.82, 2.24) is 10.3 Å². The molecule has 0 saturated heterocycles. The third-order valence-corrected chi connectivity index (χ3v) is 3.53. The number of carbonyl (C=O) groups excluding carboxylic acids is 1. The number of aromatic nitrogens is 1. The molecule has 7 nitrogen and oxygen atoms in total. The Kier molecular flexibility index (Phi) is 3.54. The molecule has 22 heavy (non-hydrogen) atoms. The SMILES string of the molecule is Cc1ocnc1C(=O)NC(C(=O)O)c1ccc2c(c1)CCO2. The van der Waals surface area contributed by atoms with Crippen LogP contribution in [-0.4, -0.2) is 28.6 Å². The first-order valence-electron chi connectivity index (χ1n) is 6.75. The number of hydrogen-bond acceptors (Lipinski definition) is 5. The van der Waals surface area contributed by atoms with Crippen molar-refractivity contribution in [2.24, 2.45) is 0 Å². The number of aliphatic carboxylic acids is 1. The molecule has 2 heterocycles. The lowest BCUT2D eigenvalue weighted by molar-refractivity contribution is -0.139. The predicted molar refractivity (Wildman–Crippen MR) is 74.7 cm³/mol. The molecule has 0 spiro atoms. The van der Waals surface area contributed by atoms with Crippen molar-refractivity contribution >= 4 is 11.9 Å². The van der Waals surface area contributed by atoms with Gasteiger partial charge in [0.05, 0.1) is 6.61 Å². The van der Waals surface area contributed by atoms with E-state index in [0.29, 0.717) is 17.9 Å². The summed E-state index contributed by atoms with van der Waals surface area (Å²) in [4.78, 5) is 27.4. The first kappa shape index (κ1) is 14.1. The fraction of sp³-hybridized carbons (Fsp3) is 0.267. The number of carbonyl (C=O) groups is 2. The van der Waals surface area contributed by atoms with Crippen LogP contribution >= 0.6 is 0 Å². The molecule has 2 aromatic rings. The van der Waals surface area contributed by atoms with Crippen LogP contribution in [0, 0.1) is 6.92 Å². The first-order valence-corrected chi connectivity index (χ1v) is 6.75. The van der Waals surface area contributed by atoms with Crippen molar-refractivity contribution in [3.05, 3.63) is 47.2 Å². The van der Waals surface area contributed by atoms with Crippen molar-refractivity contribution < 1.29 is 23.8 Å². The number of carboxylic acid groups (broad SMARTS) is 1. The number of nitrogens with zero attached hydrogens (tertiary/aromatic N) is 1. The van der Waals surface area contributed by atoms with Crippen LogP contribution < -0.4 is 10.1 Å². The molecule has 0 saturated carbocycles. The van der Waals surface area contributed by atoms with Crippen LogP contribution in [0.15, 0.2) is 29.0 Å². The van der Waals surface area contributed by atoms with Gasteiger partial charge in [-0.1, -0.05) is 6.07 Å². The maximum atomic E-state index is 12.1. The summed E-state index contributed by atoms with van der Waals surface area (Å²) in [5.41, 5.74) is 1.51. The average Bonchev–Trinajstić information content (AvgIpc) is 3.11. The molecule has 1 aliphatic rings. The second-order valence-corrected chi connectivity index (χ2v) is 4.97. The molecule has 1 aromatic heterocycles. The van der Waals surface area contributed by atoms with Gasteiger partial charge in [0.25, 0.3) is 5.91 Å². The van der Waals surface area contributed by atoms with Gasteiger partial charge in [0.2, 0.25) is 0 Å². The fourth-order valence-electron chi connectivity index (χ4n) is 2.40. The lowest BCUT2D eigenvalue weighted by Crippen LogP contribution is -2.34. The minimum Gasteiger partial charge on any atom is -0.493 e. The second-order valence-electron chi connectivity index (χ2n) is 4.97. The monoisotopic (exact) mass is 302 g/mol. The normalized spacial score (nSPS) is 14.0. The zero-order chi connectivity index (χ0) is 15.7. The number of hydrogen-bond donors (Lipinski definition) is 2. The molecule has 0 fully saturated rings. The number of oxazole rings is 1. The van der Waals surface area contributed by atoms with Gasteiger partial charge in [-0.25, -0.2) is 9.78 Å². The number of carboxylic acids is 1. The van der Waals surface area contributed by atoms with E-state index in [1.165, 1.54) is 0 Å². The van der Waals surface area contributed by atoms with Crippen LogP contribution in [0.5, 0.6) is 5.75 Å². The standard InChI is InChI=1S/C15H14N2O5/c1-8-12(16-7-22-8)14(18)17-13(15(19)20)10-2-3-11-9(6-10)4-5-21-11/h2-3,6-7,13H,4-5H2,1H3,(H,17,18)(H,19,20). The number of ether oxygens (including phenoxy) is 1. The van der Waals surface area contributed by atoms with E-state index in [1.54, 1.807) is 25.1 Å². The Morgan fingerprint density at radius 2 is 2.23 bits per heavy atom. The number of nitrogens with one attached hydrogen (secondary N) is 1. The summed E-state index contributed by atoms with van der Waals surface area (Å²) in [7, 11) is 0. The molecule has 2 N–H and O–H groups in total. The van der Waals surface area contributed by atoms with Gasteiger partial charge in [-0.3, -0.25) is 4.79 Å². The molecule has 1 atom stereocenters. The summed E-state index contributed by atoms with van der Waals surface area (Å²) in [6.45, 7) is 2.17. The van der Waals surface area contributed by atoms with E-state index in [0.717, 1.165) is 24.1 Å². The lowest BCUT2D eigenvalue weighted by atomic mass is 10.0. The maximum absolute atomic E-state index is 12.1. The van der Waals surface area contributed by atoms with Gasteiger partial charge < -0.3 is 19.6 Å². The van der Waals surface area contributed by atoms with E-state index in [9.17, 15) is 14.7 Å². The number of fused-ring (bicyclic) bond motifs is 1. The van der Waals surface area contributed by atoms with Crippen LogP contribution in [0.25, 0.3) is 0 Å². The second kappa shape index (κ2) is 5.51. The van der Waals surface area contributed by atoms with Crippen molar-refractivity contribution in [2.45, 2.75) is 19.4 Å². The van der Waals surface area contributed by atoms with Crippen LogP contribution in [-0.2, 0) is 11.2 Å². The molecule has 0 radical (unpaired) electrons. The zero-order valence-corrected chi connectivity index (χ0v) is 11.8. The van der Waals surface area contributed by atoms with Crippen LogP contribution in [0.1, 0.15) is 33.4 Å². The molecular formula is C15H14N2O5. The van der Waals surface area contributed by atoms with E-state index in [2.05, 4.69) is 10.3 Å².